The molecule has 0 spiro atoms. The van der Waals surface area contributed by atoms with Crippen molar-refractivity contribution in [3.63, 3.8) is 0 Å². The van der Waals surface area contributed by atoms with Gasteiger partial charge in [-0.05, 0) is 63.9 Å². The summed E-state index contributed by atoms with van der Waals surface area (Å²) in [5.41, 5.74) is 1.45. The Bertz CT molecular complexity index is 1090. The van der Waals surface area contributed by atoms with Crippen LogP contribution in [0.3, 0.4) is 0 Å². The van der Waals surface area contributed by atoms with Gasteiger partial charge in [-0.3, -0.25) is 9.59 Å². The number of carbonyl (C=O) groups is 2. The van der Waals surface area contributed by atoms with E-state index in [1.165, 1.54) is 36.2 Å². The monoisotopic (exact) mass is 507 g/mol. The molecule has 34 heavy (non-hydrogen) atoms. The molecule has 186 valence electrons. The molecule has 0 saturated carbocycles. The summed E-state index contributed by atoms with van der Waals surface area (Å²) >= 11 is 5.87. The van der Waals surface area contributed by atoms with Gasteiger partial charge >= 0.3 is 0 Å². The van der Waals surface area contributed by atoms with Crippen LogP contribution in [-0.4, -0.2) is 54.6 Å². The van der Waals surface area contributed by atoms with Crippen molar-refractivity contribution >= 4 is 33.4 Å². The van der Waals surface area contributed by atoms with Crippen molar-refractivity contribution in [1.29, 1.82) is 0 Å². The molecule has 0 fully saturated rings. The van der Waals surface area contributed by atoms with Crippen molar-refractivity contribution in [2.24, 2.45) is 0 Å². The lowest BCUT2D eigenvalue weighted by Gasteiger charge is -2.34. The van der Waals surface area contributed by atoms with Gasteiger partial charge in [-0.2, -0.15) is 4.31 Å². The van der Waals surface area contributed by atoms with Gasteiger partial charge in [0.25, 0.3) is 0 Å². The maximum atomic E-state index is 13.4. The summed E-state index contributed by atoms with van der Waals surface area (Å²) in [6.45, 7) is 9.19. The van der Waals surface area contributed by atoms with Crippen molar-refractivity contribution in [3.8, 4) is 0 Å². The second kappa shape index (κ2) is 11.3. The van der Waals surface area contributed by atoms with Crippen LogP contribution in [0.4, 0.5) is 0 Å². The highest BCUT2D eigenvalue weighted by atomic mass is 35.5. The van der Waals surface area contributed by atoms with E-state index in [4.69, 9.17) is 11.6 Å². The number of sulfonamides is 1. The summed E-state index contributed by atoms with van der Waals surface area (Å²) in [6, 6.07) is 12.7. The zero-order valence-electron chi connectivity index (χ0n) is 20.6. The number of hydrogen-bond acceptors (Lipinski definition) is 4. The first-order valence-corrected chi connectivity index (χ1v) is 13.0. The van der Waals surface area contributed by atoms with Gasteiger partial charge in [0.1, 0.15) is 6.04 Å². The number of amides is 2. The fourth-order valence-corrected chi connectivity index (χ4v) is 4.66. The van der Waals surface area contributed by atoms with Crippen molar-refractivity contribution in [3.05, 3.63) is 64.7 Å². The zero-order valence-corrected chi connectivity index (χ0v) is 22.2. The zero-order chi connectivity index (χ0) is 25.7. The number of likely N-dealkylation sites (N-methyl/N-ethyl adjacent to an activating group) is 1. The Morgan fingerprint density at radius 3 is 2.09 bits per heavy atom. The van der Waals surface area contributed by atoms with E-state index in [1.54, 1.807) is 0 Å². The van der Waals surface area contributed by atoms with Crippen LogP contribution in [0, 0.1) is 6.92 Å². The topological polar surface area (TPSA) is 86.8 Å². The molecule has 9 heteroatoms. The van der Waals surface area contributed by atoms with Gasteiger partial charge < -0.3 is 10.2 Å². The van der Waals surface area contributed by atoms with Crippen molar-refractivity contribution in [1.82, 2.24) is 14.5 Å². The average Bonchev–Trinajstić information content (AvgIpc) is 2.74. The van der Waals surface area contributed by atoms with Crippen LogP contribution in [0.1, 0.15) is 45.2 Å². The number of nitrogens with zero attached hydrogens (tertiary/aromatic N) is 2. The molecule has 1 atom stereocenters. The van der Waals surface area contributed by atoms with Gasteiger partial charge in [-0.15, -0.1) is 0 Å². The Morgan fingerprint density at radius 2 is 1.59 bits per heavy atom. The van der Waals surface area contributed by atoms with Crippen LogP contribution < -0.4 is 5.32 Å². The van der Waals surface area contributed by atoms with Gasteiger partial charge in [0, 0.05) is 24.2 Å². The van der Waals surface area contributed by atoms with E-state index in [0.717, 1.165) is 15.4 Å². The standard InChI is InChI=1S/C25H34ClN3O4S/c1-7-22(24(31)27-25(3,4)5)29(16-19-10-8-18(2)9-11-19)23(30)17-28(6)34(32,33)21-14-12-20(26)13-15-21/h8-15,22H,7,16-17H2,1-6H3,(H,27,31)/t22-/m1/s1. The number of halogens is 1. The summed E-state index contributed by atoms with van der Waals surface area (Å²) in [5, 5.41) is 3.35. The molecule has 0 bridgehead atoms. The molecular formula is C25H34ClN3O4S. The van der Waals surface area contributed by atoms with Gasteiger partial charge in [0.05, 0.1) is 11.4 Å². The third kappa shape index (κ3) is 7.55. The van der Waals surface area contributed by atoms with E-state index in [0.29, 0.717) is 11.4 Å². The van der Waals surface area contributed by atoms with Crippen LogP contribution in [0.15, 0.2) is 53.4 Å². The first-order chi connectivity index (χ1) is 15.7. The number of carbonyl (C=O) groups excluding carboxylic acids is 2. The van der Waals surface area contributed by atoms with Crippen molar-refractivity contribution in [2.75, 3.05) is 13.6 Å². The van der Waals surface area contributed by atoms with E-state index in [1.807, 2.05) is 58.9 Å². The second-order valence-corrected chi connectivity index (χ2v) is 11.9. The van der Waals surface area contributed by atoms with Crippen LogP contribution in [0.2, 0.25) is 5.02 Å². The smallest absolute Gasteiger partial charge is 0.243 e. The Labute approximate surface area is 208 Å². The van der Waals surface area contributed by atoms with Crippen LogP contribution >= 0.6 is 11.6 Å². The molecule has 7 nitrogen and oxygen atoms in total. The third-order valence-corrected chi connectivity index (χ3v) is 7.31. The maximum Gasteiger partial charge on any atom is 0.243 e. The highest BCUT2D eigenvalue weighted by Gasteiger charge is 2.33. The first kappa shape index (κ1) is 27.8. The molecule has 2 amide bonds. The molecule has 0 aliphatic heterocycles. The number of nitrogens with one attached hydrogen (secondary N) is 1. The molecule has 0 heterocycles. The van der Waals surface area contributed by atoms with E-state index >= 15 is 0 Å². The van der Waals surface area contributed by atoms with E-state index in [9.17, 15) is 18.0 Å². The molecule has 2 aromatic carbocycles. The minimum atomic E-state index is -3.92. The normalized spacial score (nSPS) is 12.9. The number of aryl methyl sites for hydroxylation is 1. The molecule has 0 aliphatic rings. The molecule has 0 radical (unpaired) electrons. The molecule has 2 aromatic rings. The van der Waals surface area contributed by atoms with E-state index < -0.39 is 34.1 Å². The van der Waals surface area contributed by atoms with Crippen molar-refractivity contribution < 1.29 is 18.0 Å². The molecule has 0 saturated heterocycles. The predicted octanol–water partition coefficient (Wildman–Crippen LogP) is 3.99. The van der Waals surface area contributed by atoms with Crippen LogP contribution in [0.5, 0.6) is 0 Å². The molecule has 1 N–H and O–H groups in total. The summed E-state index contributed by atoms with van der Waals surface area (Å²) in [6.07, 6.45) is 0.382. The Morgan fingerprint density at radius 1 is 1.03 bits per heavy atom. The molecule has 0 unspecified atom stereocenters. The lowest BCUT2D eigenvalue weighted by Crippen LogP contribution is -2.55. The minimum Gasteiger partial charge on any atom is -0.350 e. The molecule has 0 aliphatic carbocycles. The Balaban J connectivity index is 2.34. The lowest BCUT2D eigenvalue weighted by atomic mass is 10.1. The SMILES string of the molecule is CC[C@H](C(=O)NC(C)(C)C)N(Cc1ccc(C)cc1)C(=O)CN(C)S(=O)(=O)c1ccc(Cl)cc1. The fraction of sp³-hybridized carbons (Fsp3) is 0.440. The Kier molecular flexibility index (Phi) is 9.28. The van der Waals surface area contributed by atoms with Crippen LogP contribution in [-0.2, 0) is 26.2 Å². The largest absolute Gasteiger partial charge is 0.350 e. The van der Waals surface area contributed by atoms with Gasteiger partial charge in [0.15, 0.2) is 0 Å². The molecule has 0 aromatic heterocycles. The van der Waals surface area contributed by atoms with Crippen LogP contribution in [0.25, 0.3) is 0 Å². The summed E-state index contributed by atoms with van der Waals surface area (Å²) < 4.78 is 27.0. The highest BCUT2D eigenvalue weighted by molar-refractivity contribution is 7.89. The maximum absolute atomic E-state index is 13.4. The van der Waals surface area contributed by atoms with E-state index in [2.05, 4.69) is 5.32 Å². The molecule has 2 rings (SSSR count). The van der Waals surface area contributed by atoms with Gasteiger partial charge in [-0.25, -0.2) is 8.42 Å². The minimum absolute atomic E-state index is 0.0369. The number of hydrogen-bond donors (Lipinski definition) is 1. The van der Waals surface area contributed by atoms with Crippen molar-refractivity contribution in [2.45, 2.75) is 64.1 Å². The van der Waals surface area contributed by atoms with Gasteiger partial charge in [-0.1, -0.05) is 48.4 Å². The van der Waals surface area contributed by atoms with Gasteiger partial charge in [0.2, 0.25) is 21.8 Å². The second-order valence-electron chi connectivity index (χ2n) is 9.39. The summed E-state index contributed by atoms with van der Waals surface area (Å²) in [4.78, 5) is 28.0. The number of rotatable bonds is 9. The fourth-order valence-electron chi connectivity index (χ4n) is 3.42. The summed E-state index contributed by atoms with van der Waals surface area (Å²) in [7, 11) is -2.57. The highest BCUT2D eigenvalue weighted by Crippen LogP contribution is 2.19. The first-order valence-electron chi connectivity index (χ1n) is 11.1. The quantitative estimate of drug-likeness (QED) is 0.556. The average molecular weight is 508 g/mol. The Hall–Kier alpha value is -2.42. The van der Waals surface area contributed by atoms with E-state index in [-0.39, 0.29) is 17.3 Å². The predicted molar refractivity (Wildman–Crippen MR) is 135 cm³/mol. The number of benzene rings is 2. The molecular weight excluding hydrogens is 474 g/mol. The lowest BCUT2D eigenvalue weighted by molar-refractivity contribution is -0.142. The summed E-state index contributed by atoms with van der Waals surface area (Å²) in [5.74, 6) is -0.741. The third-order valence-electron chi connectivity index (χ3n) is 5.24.